The topological polar surface area (TPSA) is 65.3 Å². The number of ether oxygens (including phenoxy) is 1. The van der Waals surface area contributed by atoms with Crippen molar-refractivity contribution in [2.24, 2.45) is 0 Å². The first-order valence-corrected chi connectivity index (χ1v) is 7.69. The largest absolute Gasteiger partial charge is 0.506 e. The maximum atomic E-state index is 9.67. The molecule has 0 atom stereocenters. The van der Waals surface area contributed by atoms with Gasteiger partial charge < -0.3 is 15.2 Å². The molecule has 0 saturated carbocycles. The zero-order chi connectivity index (χ0) is 15.2. The van der Waals surface area contributed by atoms with Gasteiger partial charge in [-0.3, -0.25) is 0 Å². The van der Waals surface area contributed by atoms with E-state index in [1.54, 1.807) is 0 Å². The van der Waals surface area contributed by atoms with Crippen LogP contribution in [0.2, 0.25) is 0 Å². The number of nitrogens with zero attached hydrogens (tertiary/aromatic N) is 1. The Morgan fingerprint density at radius 2 is 1.76 bits per heavy atom. The standard InChI is InChI=1S/C15H12Br2N2O2/c16-13-7-10(8-14(17)15(13)20)9-19-11-1-3-12(4-2-11)21-6-5-18/h1-4,7-8,19-20H,6,9H2. The van der Waals surface area contributed by atoms with Gasteiger partial charge in [-0.25, -0.2) is 0 Å². The van der Waals surface area contributed by atoms with Crippen molar-refractivity contribution in [2.75, 3.05) is 11.9 Å². The Bertz CT molecular complexity index is 643. The molecule has 0 aliphatic heterocycles. The van der Waals surface area contributed by atoms with Crippen LogP contribution in [0.3, 0.4) is 0 Å². The van der Waals surface area contributed by atoms with E-state index in [1.165, 1.54) is 0 Å². The highest BCUT2D eigenvalue weighted by atomic mass is 79.9. The fourth-order valence-corrected chi connectivity index (χ4v) is 2.99. The van der Waals surface area contributed by atoms with Crippen molar-refractivity contribution in [3.05, 3.63) is 50.9 Å². The zero-order valence-electron chi connectivity index (χ0n) is 10.9. The molecule has 0 aliphatic carbocycles. The summed E-state index contributed by atoms with van der Waals surface area (Å²) < 4.78 is 6.48. The number of halogens is 2. The molecule has 0 aliphatic rings. The summed E-state index contributed by atoms with van der Waals surface area (Å²) in [5.74, 6) is 0.856. The van der Waals surface area contributed by atoms with Gasteiger partial charge in [0.15, 0.2) is 6.61 Å². The monoisotopic (exact) mass is 410 g/mol. The normalized spacial score (nSPS) is 9.95. The number of hydrogen-bond donors (Lipinski definition) is 2. The van der Waals surface area contributed by atoms with Crippen LogP contribution in [-0.4, -0.2) is 11.7 Å². The van der Waals surface area contributed by atoms with Crippen molar-refractivity contribution in [2.45, 2.75) is 6.54 Å². The predicted molar refractivity (Wildman–Crippen MR) is 88.4 cm³/mol. The van der Waals surface area contributed by atoms with Gasteiger partial charge in [0.2, 0.25) is 0 Å². The molecular weight excluding hydrogens is 400 g/mol. The molecule has 0 heterocycles. The van der Waals surface area contributed by atoms with Gasteiger partial charge in [0.05, 0.1) is 8.95 Å². The van der Waals surface area contributed by atoms with E-state index in [0.717, 1.165) is 11.3 Å². The van der Waals surface area contributed by atoms with Gasteiger partial charge >= 0.3 is 0 Å². The fourth-order valence-electron chi connectivity index (χ4n) is 1.71. The summed E-state index contributed by atoms with van der Waals surface area (Å²) in [6.07, 6.45) is 0. The molecule has 4 nitrogen and oxygen atoms in total. The van der Waals surface area contributed by atoms with Crippen LogP contribution < -0.4 is 10.1 Å². The SMILES string of the molecule is N#CCOc1ccc(NCc2cc(Br)c(O)c(Br)c2)cc1. The first-order valence-electron chi connectivity index (χ1n) is 6.10. The lowest BCUT2D eigenvalue weighted by molar-refractivity contribution is 0.368. The molecule has 0 aromatic heterocycles. The molecular formula is C15H12Br2N2O2. The van der Waals surface area contributed by atoms with Gasteiger partial charge in [0.25, 0.3) is 0 Å². The van der Waals surface area contributed by atoms with Crippen LogP contribution in [0.1, 0.15) is 5.56 Å². The van der Waals surface area contributed by atoms with Crippen molar-refractivity contribution in [1.29, 1.82) is 5.26 Å². The molecule has 0 unspecified atom stereocenters. The highest BCUT2D eigenvalue weighted by Crippen LogP contribution is 2.33. The van der Waals surface area contributed by atoms with Crippen molar-refractivity contribution in [3.8, 4) is 17.6 Å². The van der Waals surface area contributed by atoms with E-state index in [2.05, 4.69) is 37.2 Å². The summed E-state index contributed by atoms with van der Waals surface area (Å²) in [4.78, 5) is 0. The van der Waals surface area contributed by atoms with Crippen molar-refractivity contribution >= 4 is 37.5 Å². The van der Waals surface area contributed by atoms with Crippen LogP contribution >= 0.6 is 31.9 Å². The van der Waals surface area contributed by atoms with Gasteiger partial charge in [-0.05, 0) is 73.8 Å². The number of benzene rings is 2. The quantitative estimate of drug-likeness (QED) is 0.763. The van der Waals surface area contributed by atoms with Gasteiger partial charge in [-0.1, -0.05) is 0 Å². The Balaban J connectivity index is 1.98. The van der Waals surface area contributed by atoms with E-state index in [4.69, 9.17) is 10.00 Å². The molecule has 2 rings (SSSR count). The van der Waals surface area contributed by atoms with Gasteiger partial charge in [0.1, 0.15) is 17.6 Å². The third-order valence-corrected chi connectivity index (χ3v) is 3.94. The molecule has 0 amide bonds. The number of aromatic hydroxyl groups is 1. The molecule has 2 N–H and O–H groups in total. The van der Waals surface area contributed by atoms with E-state index in [1.807, 2.05) is 42.5 Å². The third kappa shape index (κ3) is 4.38. The van der Waals surface area contributed by atoms with Crippen LogP contribution in [0.25, 0.3) is 0 Å². The number of nitriles is 1. The molecule has 0 fully saturated rings. The Labute approximate surface area is 139 Å². The average molecular weight is 412 g/mol. The summed E-state index contributed by atoms with van der Waals surface area (Å²) in [5.41, 5.74) is 1.97. The average Bonchev–Trinajstić information content (AvgIpc) is 2.49. The highest BCUT2D eigenvalue weighted by molar-refractivity contribution is 9.11. The Hall–Kier alpha value is -1.71. The van der Waals surface area contributed by atoms with Crippen molar-refractivity contribution < 1.29 is 9.84 Å². The maximum Gasteiger partial charge on any atom is 0.174 e. The lowest BCUT2D eigenvalue weighted by Gasteiger charge is -2.09. The number of rotatable bonds is 5. The van der Waals surface area contributed by atoms with Crippen LogP contribution in [0.5, 0.6) is 11.5 Å². The second kappa shape index (κ2) is 7.34. The molecule has 0 spiro atoms. The lowest BCUT2D eigenvalue weighted by Crippen LogP contribution is -2.00. The number of anilines is 1. The molecule has 2 aromatic rings. The highest BCUT2D eigenvalue weighted by Gasteiger charge is 2.05. The molecule has 6 heteroatoms. The summed E-state index contributed by atoms with van der Waals surface area (Å²) in [6.45, 7) is 0.665. The maximum absolute atomic E-state index is 9.67. The molecule has 0 radical (unpaired) electrons. The van der Waals surface area contributed by atoms with Crippen LogP contribution in [0.4, 0.5) is 5.69 Å². The Morgan fingerprint density at radius 3 is 2.33 bits per heavy atom. The summed E-state index contributed by atoms with van der Waals surface area (Å²) in [6, 6.07) is 13.0. The van der Waals surface area contributed by atoms with Gasteiger partial charge in [-0.2, -0.15) is 5.26 Å². The molecule has 108 valence electrons. The summed E-state index contributed by atoms with van der Waals surface area (Å²) in [5, 5.41) is 21.4. The molecule has 0 bridgehead atoms. The minimum absolute atomic E-state index is 0.0440. The smallest absolute Gasteiger partial charge is 0.174 e. The van der Waals surface area contributed by atoms with E-state index in [9.17, 15) is 5.11 Å². The van der Waals surface area contributed by atoms with Crippen molar-refractivity contribution in [1.82, 2.24) is 0 Å². The van der Waals surface area contributed by atoms with E-state index >= 15 is 0 Å². The van der Waals surface area contributed by atoms with E-state index < -0.39 is 0 Å². The fraction of sp³-hybridized carbons (Fsp3) is 0.133. The van der Waals surface area contributed by atoms with Crippen LogP contribution in [-0.2, 0) is 6.54 Å². The Morgan fingerprint density at radius 1 is 1.14 bits per heavy atom. The second-order valence-corrected chi connectivity index (χ2v) is 5.94. The number of nitrogens with one attached hydrogen (secondary N) is 1. The van der Waals surface area contributed by atoms with Crippen LogP contribution in [0, 0.1) is 11.3 Å². The van der Waals surface area contributed by atoms with E-state index in [-0.39, 0.29) is 12.4 Å². The second-order valence-electron chi connectivity index (χ2n) is 4.23. The van der Waals surface area contributed by atoms with Gasteiger partial charge in [0, 0.05) is 12.2 Å². The number of hydrogen-bond acceptors (Lipinski definition) is 4. The number of phenols is 1. The Kier molecular flexibility index (Phi) is 5.48. The first-order chi connectivity index (χ1) is 10.1. The predicted octanol–water partition coefficient (Wildman–Crippen LogP) is 4.43. The van der Waals surface area contributed by atoms with E-state index in [0.29, 0.717) is 21.2 Å². The molecule has 0 saturated heterocycles. The first kappa shape index (κ1) is 15.7. The minimum atomic E-state index is 0.0440. The van der Waals surface area contributed by atoms with Crippen LogP contribution in [0.15, 0.2) is 45.3 Å². The summed E-state index contributed by atoms with van der Waals surface area (Å²) >= 11 is 6.61. The number of phenolic OH excluding ortho intramolecular Hbond substituents is 1. The lowest BCUT2D eigenvalue weighted by atomic mass is 10.2. The third-order valence-electron chi connectivity index (χ3n) is 2.73. The molecule has 2 aromatic carbocycles. The minimum Gasteiger partial charge on any atom is -0.506 e. The molecule has 21 heavy (non-hydrogen) atoms. The zero-order valence-corrected chi connectivity index (χ0v) is 14.1. The van der Waals surface area contributed by atoms with Gasteiger partial charge in [-0.15, -0.1) is 0 Å². The summed E-state index contributed by atoms with van der Waals surface area (Å²) in [7, 11) is 0. The van der Waals surface area contributed by atoms with Crippen molar-refractivity contribution in [3.63, 3.8) is 0 Å².